The molecule has 2 aromatic rings. The van der Waals surface area contributed by atoms with Crippen LogP contribution >= 0.6 is 0 Å². The van der Waals surface area contributed by atoms with Crippen LogP contribution in [0.3, 0.4) is 0 Å². The largest absolute Gasteiger partial charge is 0.336 e. The van der Waals surface area contributed by atoms with Crippen molar-refractivity contribution in [1.29, 1.82) is 0 Å². The van der Waals surface area contributed by atoms with Gasteiger partial charge in [0, 0.05) is 17.1 Å². The average molecular weight is 240 g/mol. The van der Waals surface area contributed by atoms with Gasteiger partial charge in [-0.05, 0) is 44.4 Å². The molecule has 2 N–H and O–H groups in total. The van der Waals surface area contributed by atoms with E-state index in [1.54, 1.807) is 0 Å². The highest BCUT2D eigenvalue weighted by atomic mass is 14.9. The summed E-state index contributed by atoms with van der Waals surface area (Å²) < 4.78 is 2.24. The first-order valence-electron chi connectivity index (χ1n) is 6.53. The third kappa shape index (κ3) is 2.75. The van der Waals surface area contributed by atoms with Gasteiger partial charge in [0.1, 0.15) is 0 Å². The Morgan fingerprint density at radius 3 is 2.83 bits per heavy atom. The van der Waals surface area contributed by atoms with Crippen molar-refractivity contribution in [3.05, 3.63) is 36.0 Å². The summed E-state index contributed by atoms with van der Waals surface area (Å²) in [7, 11) is 0. The maximum atomic E-state index is 5.55. The first-order chi connectivity index (χ1) is 8.86. The van der Waals surface area contributed by atoms with Crippen molar-refractivity contribution < 1.29 is 0 Å². The van der Waals surface area contributed by atoms with Gasteiger partial charge in [0.15, 0.2) is 0 Å². The van der Waals surface area contributed by atoms with E-state index < -0.39 is 0 Å². The van der Waals surface area contributed by atoms with E-state index >= 15 is 0 Å². The molecule has 0 atom stereocenters. The number of hydrogen-bond acceptors (Lipinski definition) is 1. The normalized spacial score (nSPS) is 10.3. The molecule has 0 amide bonds. The van der Waals surface area contributed by atoms with Crippen molar-refractivity contribution in [1.82, 2.24) is 4.57 Å². The van der Waals surface area contributed by atoms with E-state index in [0.29, 0.717) is 0 Å². The number of nitrogens with zero attached hydrogens (tertiary/aromatic N) is 1. The number of fused-ring (bicyclic) bond motifs is 1. The topological polar surface area (TPSA) is 30.9 Å². The van der Waals surface area contributed by atoms with Gasteiger partial charge in [-0.15, -0.1) is 5.92 Å². The van der Waals surface area contributed by atoms with E-state index in [-0.39, 0.29) is 0 Å². The second-order valence-electron chi connectivity index (χ2n) is 4.47. The number of benzene rings is 1. The Balaban J connectivity index is 2.30. The van der Waals surface area contributed by atoms with Crippen molar-refractivity contribution in [2.45, 2.75) is 32.7 Å². The van der Waals surface area contributed by atoms with Crippen molar-refractivity contribution >= 4 is 10.9 Å². The molecule has 0 radical (unpaired) electrons. The number of hydrogen-bond donors (Lipinski definition) is 1. The Bertz CT molecular complexity index is 570. The standard InChI is InChI=1S/C16H20N2/c1-2-3-12-18-13-14(8-6-7-11-17)15-9-4-5-10-16(15)18/h4-5,9-10,13H,6-8,11-12,17H2,1H3. The van der Waals surface area contributed by atoms with Gasteiger partial charge in [0.2, 0.25) is 0 Å². The summed E-state index contributed by atoms with van der Waals surface area (Å²) in [6.45, 7) is 3.43. The summed E-state index contributed by atoms with van der Waals surface area (Å²) in [5.74, 6) is 6.09. The summed E-state index contributed by atoms with van der Waals surface area (Å²) in [5, 5.41) is 1.35. The van der Waals surface area contributed by atoms with E-state index in [9.17, 15) is 0 Å². The molecule has 0 saturated carbocycles. The molecular weight excluding hydrogens is 220 g/mol. The molecule has 1 heterocycles. The average Bonchev–Trinajstić information content (AvgIpc) is 2.76. The minimum Gasteiger partial charge on any atom is -0.336 e. The highest BCUT2D eigenvalue weighted by Gasteiger charge is 2.06. The lowest BCUT2D eigenvalue weighted by Crippen LogP contribution is -1.98. The molecule has 2 heteroatoms. The molecule has 0 saturated heterocycles. The van der Waals surface area contributed by atoms with Crippen molar-refractivity contribution in [3.63, 3.8) is 0 Å². The molecule has 94 valence electrons. The smallest absolute Gasteiger partial charge is 0.0837 e. The van der Waals surface area contributed by atoms with Gasteiger partial charge in [-0.1, -0.05) is 24.1 Å². The zero-order valence-corrected chi connectivity index (χ0v) is 10.9. The van der Waals surface area contributed by atoms with Crippen LogP contribution in [-0.4, -0.2) is 11.1 Å². The molecule has 2 rings (SSSR count). The quantitative estimate of drug-likeness (QED) is 0.632. The fraction of sp³-hybridized carbons (Fsp3) is 0.375. The molecule has 0 spiro atoms. The second kappa shape index (κ2) is 6.28. The van der Waals surface area contributed by atoms with E-state index in [4.69, 9.17) is 5.73 Å². The molecule has 1 aromatic heterocycles. The van der Waals surface area contributed by atoms with Crippen molar-refractivity contribution in [3.8, 4) is 11.8 Å². The van der Waals surface area contributed by atoms with Gasteiger partial charge in [-0.25, -0.2) is 0 Å². The van der Waals surface area contributed by atoms with Crippen LogP contribution in [0, 0.1) is 11.8 Å². The van der Waals surface area contributed by atoms with Gasteiger partial charge in [-0.3, -0.25) is 0 Å². The number of aryl methyl sites for hydroxylation is 1. The molecule has 0 fully saturated rings. The predicted molar refractivity (Wildman–Crippen MR) is 77.4 cm³/mol. The van der Waals surface area contributed by atoms with Gasteiger partial charge in [0.05, 0.1) is 6.54 Å². The van der Waals surface area contributed by atoms with Gasteiger partial charge >= 0.3 is 0 Å². The summed E-state index contributed by atoms with van der Waals surface area (Å²) in [4.78, 5) is 0. The lowest BCUT2D eigenvalue weighted by Gasteiger charge is -1.98. The number of nitrogens with two attached hydrogens (primary N) is 1. The van der Waals surface area contributed by atoms with Crippen LogP contribution in [-0.2, 0) is 13.0 Å². The minimum atomic E-state index is 0.772. The van der Waals surface area contributed by atoms with Gasteiger partial charge in [0.25, 0.3) is 0 Å². The zero-order chi connectivity index (χ0) is 12.8. The minimum absolute atomic E-state index is 0.772. The molecule has 0 unspecified atom stereocenters. The summed E-state index contributed by atoms with van der Waals surface area (Å²) in [6.07, 6.45) is 5.59. The van der Waals surface area contributed by atoms with Crippen LogP contribution in [0.15, 0.2) is 30.5 Å². The SMILES string of the molecule is CC#CCn1cc(CCCCN)c2ccccc21. The number of unbranched alkanes of at least 4 members (excludes halogenated alkanes) is 1. The summed E-state index contributed by atoms with van der Waals surface area (Å²) >= 11 is 0. The molecule has 1 aromatic carbocycles. The molecule has 0 aliphatic rings. The van der Waals surface area contributed by atoms with Crippen LogP contribution < -0.4 is 5.73 Å². The Hall–Kier alpha value is -1.72. The molecule has 0 aliphatic heterocycles. The van der Waals surface area contributed by atoms with Gasteiger partial charge in [-0.2, -0.15) is 0 Å². The fourth-order valence-corrected chi connectivity index (χ4v) is 2.28. The Kier molecular flexibility index (Phi) is 4.44. The maximum absolute atomic E-state index is 5.55. The first kappa shape index (κ1) is 12.7. The highest BCUT2D eigenvalue weighted by molar-refractivity contribution is 5.84. The lowest BCUT2D eigenvalue weighted by molar-refractivity contribution is 0.743. The van der Waals surface area contributed by atoms with Crippen molar-refractivity contribution in [2.24, 2.45) is 5.73 Å². The molecule has 0 bridgehead atoms. The third-order valence-corrected chi connectivity index (χ3v) is 3.20. The zero-order valence-electron chi connectivity index (χ0n) is 10.9. The summed E-state index contributed by atoms with van der Waals surface area (Å²) in [6, 6.07) is 8.55. The van der Waals surface area contributed by atoms with E-state index in [1.807, 2.05) is 6.92 Å². The third-order valence-electron chi connectivity index (χ3n) is 3.20. The second-order valence-corrected chi connectivity index (χ2v) is 4.47. The predicted octanol–water partition coefficient (Wildman–Crippen LogP) is 2.95. The monoisotopic (exact) mass is 240 g/mol. The van der Waals surface area contributed by atoms with E-state index in [1.165, 1.54) is 16.5 Å². The number of rotatable bonds is 5. The van der Waals surface area contributed by atoms with Crippen LogP contribution in [0.4, 0.5) is 0 Å². The van der Waals surface area contributed by atoms with Gasteiger partial charge < -0.3 is 10.3 Å². The van der Waals surface area contributed by atoms with Crippen LogP contribution in [0.1, 0.15) is 25.3 Å². The lowest BCUT2D eigenvalue weighted by atomic mass is 10.1. The number of aromatic nitrogens is 1. The molecule has 18 heavy (non-hydrogen) atoms. The first-order valence-corrected chi connectivity index (χ1v) is 6.53. The van der Waals surface area contributed by atoms with Crippen LogP contribution in [0.2, 0.25) is 0 Å². The maximum Gasteiger partial charge on any atom is 0.0837 e. The van der Waals surface area contributed by atoms with Crippen LogP contribution in [0.25, 0.3) is 10.9 Å². The Labute approximate surface area is 109 Å². The molecule has 2 nitrogen and oxygen atoms in total. The van der Waals surface area contributed by atoms with E-state index in [2.05, 4.69) is 46.9 Å². The molecular formula is C16H20N2. The van der Waals surface area contributed by atoms with E-state index in [0.717, 1.165) is 32.4 Å². The van der Waals surface area contributed by atoms with Crippen molar-refractivity contribution in [2.75, 3.05) is 6.54 Å². The Morgan fingerprint density at radius 1 is 1.22 bits per heavy atom. The highest BCUT2D eigenvalue weighted by Crippen LogP contribution is 2.22. The van der Waals surface area contributed by atoms with Crippen LogP contribution in [0.5, 0.6) is 0 Å². The molecule has 0 aliphatic carbocycles. The summed E-state index contributed by atoms with van der Waals surface area (Å²) in [5.41, 5.74) is 8.25. The number of para-hydroxylation sites is 1. The fourth-order valence-electron chi connectivity index (χ4n) is 2.28. The Morgan fingerprint density at radius 2 is 2.06 bits per heavy atom.